The minimum absolute atomic E-state index is 0.132. The summed E-state index contributed by atoms with van der Waals surface area (Å²) in [6.07, 6.45) is 9.65. The van der Waals surface area contributed by atoms with Crippen molar-refractivity contribution in [2.75, 3.05) is 19.8 Å². The van der Waals surface area contributed by atoms with E-state index in [4.69, 9.17) is 4.74 Å². The number of allylic oxidation sites excluding steroid dienone is 1. The Balaban J connectivity index is 1.32. The summed E-state index contributed by atoms with van der Waals surface area (Å²) < 4.78 is 5.38. The van der Waals surface area contributed by atoms with E-state index in [9.17, 15) is 4.79 Å². The van der Waals surface area contributed by atoms with Crippen LogP contribution < -0.4 is 10.6 Å². The number of nitrogens with one attached hydrogen (secondary N) is 2. The Morgan fingerprint density at radius 3 is 2.76 bits per heavy atom. The molecular formula is C20H32N2O2S. The van der Waals surface area contributed by atoms with Crippen LogP contribution in [0.5, 0.6) is 0 Å². The van der Waals surface area contributed by atoms with E-state index in [-0.39, 0.29) is 17.4 Å². The molecule has 2 aliphatic heterocycles. The normalized spacial score (nSPS) is 39.0. The third-order valence-electron chi connectivity index (χ3n) is 6.88. The van der Waals surface area contributed by atoms with Gasteiger partial charge < -0.3 is 15.4 Å². The largest absolute Gasteiger partial charge is 0.381 e. The molecule has 2 N–H and O–H groups in total. The fraction of sp³-hybridized carbons (Fsp3) is 0.850. The van der Waals surface area contributed by atoms with Gasteiger partial charge in [-0.25, -0.2) is 0 Å². The molecule has 0 aromatic heterocycles. The zero-order chi connectivity index (χ0) is 17.4. The topological polar surface area (TPSA) is 50.4 Å². The number of rotatable bonds is 6. The Morgan fingerprint density at radius 2 is 2.08 bits per heavy atom. The van der Waals surface area contributed by atoms with E-state index in [1.165, 1.54) is 32.2 Å². The minimum atomic E-state index is 0.132. The number of ether oxygens (including phenoxy) is 1. The monoisotopic (exact) mass is 364 g/mol. The van der Waals surface area contributed by atoms with Crippen LogP contribution in [0, 0.1) is 17.3 Å². The van der Waals surface area contributed by atoms with E-state index in [1.807, 2.05) is 0 Å². The molecule has 4 nitrogen and oxygen atoms in total. The predicted molar refractivity (Wildman–Crippen MR) is 102 cm³/mol. The molecule has 2 aliphatic carbocycles. The Kier molecular flexibility index (Phi) is 5.18. The summed E-state index contributed by atoms with van der Waals surface area (Å²) in [4.78, 5) is 13.6. The number of carbonyl (C=O) groups is 1. The number of carbonyl (C=O) groups excluding carboxylic acids is 1. The van der Waals surface area contributed by atoms with Crippen molar-refractivity contribution >= 4 is 17.7 Å². The third kappa shape index (κ3) is 3.79. The molecule has 25 heavy (non-hydrogen) atoms. The summed E-state index contributed by atoms with van der Waals surface area (Å²) in [6, 6.07) is 0.936. The average molecular weight is 365 g/mol. The van der Waals surface area contributed by atoms with Crippen molar-refractivity contribution in [1.82, 2.24) is 10.6 Å². The van der Waals surface area contributed by atoms with Crippen molar-refractivity contribution in [3.05, 3.63) is 11.0 Å². The second-order valence-corrected chi connectivity index (χ2v) is 10.0. The molecule has 0 bridgehead atoms. The Bertz CT molecular complexity index is 542. The maximum atomic E-state index is 12.7. The molecule has 1 saturated heterocycles. The minimum Gasteiger partial charge on any atom is -0.381 e. The van der Waals surface area contributed by atoms with Crippen LogP contribution in [-0.2, 0) is 9.53 Å². The zero-order valence-corrected chi connectivity index (χ0v) is 16.4. The molecule has 3 fully saturated rings. The Labute approximate surface area is 155 Å². The number of hydrogen-bond acceptors (Lipinski definition) is 4. The summed E-state index contributed by atoms with van der Waals surface area (Å²) in [5.74, 6) is 1.73. The van der Waals surface area contributed by atoms with Gasteiger partial charge in [-0.2, -0.15) is 0 Å². The van der Waals surface area contributed by atoms with Gasteiger partial charge in [0.05, 0.1) is 4.91 Å². The first kappa shape index (κ1) is 17.9. The smallest absolute Gasteiger partial charge is 0.257 e. The summed E-state index contributed by atoms with van der Waals surface area (Å²) >= 11 is 1.77. The van der Waals surface area contributed by atoms with Crippen molar-refractivity contribution in [3.8, 4) is 0 Å². The zero-order valence-electron chi connectivity index (χ0n) is 15.6. The molecule has 140 valence electrons. The summed E-state index contributed by atoms with van der Waals surface area (Å²) in [7, 11) is 0. The summed E-state index contributed by atoms with van der Waals surface area (Å²) in [6.45, 7) is 7.37. The summed E-state index contributed by atoms with van der Waals surface area (Å²) in [5.41, 5.74) is 0.143. The average Bonchev–Trinajstić information content (AvgIpc) is 3.27. The predicted octanol–water partition coefficient (Wildman–Crippen LogP) is 3.09. The van der Waals surface area contributed by atoms with E-state index >= 15 is 0 Å². The quantitative estimate of drug-likeness (QED) is 0.760. The first-order valence-electron chi connectivity index (χ1n) is 10.1. The van der Waals surface area contributed by atoms with Gasteiger partial charge in [0.1, 0.15) is 0 Å². The highest BCUT2D eigenvalue weighted by Gasteiger charge is 2.54. The molecule has 4 atom stereocenters. The van der Waals surface area contributed by atoms with E-state index in [0.29, 0.717) is 17.2 Å². The molecule has 0 radical (unpaired) electrons. The standard InChI is InChI=1S/C20H32N2O2S/c1-13-20(2,16-10-17(16)21-12-14-4-3-5-14)11-18(25-13)19(23)22-15-6-8-24-9-7-15/h11,13-17,21H,3-10,12H2,1-2H3,(H,22,23)/t13?,16-,17-,20?/m1/s1. The van der Waals surface area contributed by atoms with Crippen LogP contribution in [0.15, 0.2) is 11.0 Å². The molecule has 2 saturated carbocycles. The van der Waals surface area contributed by atoms with Gasteiger partial charge in [-0.3, -0.25) is 4.79 Å². The highest BCUT2D eigenvalue weighted by Crippen LogP contribution is 2.57. The molecule has 0 aromatic rings. The van der Waals surface area contributed by atoms with Gasteiger partial charge in [0.25, 0.3) is 5.91 Å². The maximum absolute atomic E-state index is 12.7. The maximum Gasteiger partial charge on any atom is 0.257 e. The molecule has 4 rings (SSSR count). The molecule has 5 heteroatoms. The third-order valence-corrected chi connectivity index (χ3v) is 8.30. The van der Waals surface area contributed by atoms with E-state index in [0.717, 1.165) is 36.9 Å². The second kappa shape index (κ2) is 7.24. The summed E-state index contributed by atoms with van der Waals surface area (Å²) in [5, 5.41) is 7.48. The van der Waals surface area contributed by atoms with Gasteiger partial charge in [0.15, 0.2) is 0 Å². The molecular weight excluding hydrogens is 332 g/mol. The van der Waals surface area contributed by atoms with Gasteiger partial charge in [0.2, 0.25) is 0 Å². The highest BCUT2D eigenvalue weighted by atomic mass is 32.2. The van der Waals surface area contributed by atoms with Crippen molar-refractivity contribution in [2.24, 2.45) is 17.3 Å². The van der Waals surface area contributed by atoms with Crippen LogP contribution in [0.25, 0.3) is 0 Å². The Hall–Kier alpha value is -0.520. The lowest BCUT2D eigenvalue weighted by Crippen LogP contribution is -2.39. The molecule has 1 amide bonds. The van der Waals surface area contributed by atoms with Gasteiger partial charge in [-0.1, -0.05) is 26.3 Å². The lowest BCUT2D eigenvalue weighted by Gasteiger charge is -2.29. The van der Waals surface area contributed by atoms with Gasteiger partial charge in [0, 0.05) is 36.0 Å². The van der Waals surface area contributed by atoms with E-state index in [2.05, 4.69) is 30.6 Å². The first-order chi connectivity index (χ1) is 12.1. The number of thioether (sulfide) groups is 1. The molecule has 2 unspecified atom stereocenters. The Morgan fingerprint density at radius 1 is 1.32 bits per heavy atom. The van der Waals surface area contributed by atoms with Crippen LogP contribution in [0.2, 0.25) is 0 Å². The highest BCUT2D eigenvalue weighted by molar-refractivity contribution is 8.04. The van der Waals surface area contributed by atoms with Crippen LogP contribution in [0.4, 0.5) is 0 Å². The van der Waals surface area contributed by atoms with E-state index in [1.54, 1.807) is 11.8 Å². The fourth-order valence-electron chi connectivity index (χ4n) is 4.50. The van der Waals surface area contributed by atoms with Crippen LogP contribution >= 0.6 is 11.8 Å². The van der Waals surface area contributed by atoms with Crippen molar-refractivity contribution in [1.29, 1.82) is 0 Å². The van der Waals surface area contributed by atoms with E-state index < -0.39 is 0 Å². The van der Waals surface area contributed by atoms with Gasteiger partial charge >= 0.3 is 0 Å². The fourth-order valence-corrected chi connectivity index (χ4v) is 5.87. The van der Waals surface area contributed by atoms with Crippen molar-refractivity contribution in [2.45, 2.75) is 69.7 Å². The molecule has 2 heterocycles. The number of hydrogen-bond donors (Lipinski definition) is 2. The molecule has 0 aromatic carbocycles. The first-order valence-corrected chi connectivity index (χ1v) is 11.0. The van der Waals surface area contributed by atoms with Crippen molar-refractivity contribution < 1.29 is 9.53 Å². The number of amides is 1. The second-order valence-electron chi connectivity index (χ2n) is 8.65. The molecule has 0 spiro atoms. The van der Waals surface area contributed by atoms with Crippen LogP contribution in [0.1, 0.15) is 52.4 Å². The SMILES string of the molecule is CC1SC(C(=O)NC2CCOCC2)=CC1(C)[C@@H]1C[C@H]1NCC1CCC1. The van der Waals surface area contributed by atoms with Crippen LogP contribution in [0.3, 0.4) is 0 Å². The molecule has 4 aliphatic rings. The van der Waals surface area contributed by atoms with Crippen LogP contribution in [-0.4, -0.2) is 43.0 Å². The van der Waals surface area contributed by atoms with Gasteiger partial charge in [-0.05, 0) is 50.5 Å². The lowest BCUT2D eigenvalue weighted by molar-refractivity contribution is -0.118. The van der Waals surface area contributed by atoms with Crippen molar-refractivity contribution in [3.63, 3.8) is 0 Å². The lowest BCUT2D eigenvalue weighted by atomic mass is 9.81. The van der Waals surface area contributed by atoms with Gasteiger partial charge in [-0.15, -0.1) is 11.8 Å².